The third-order valence-electron chi connectivity index (χ3n) is 2.12. The number of hydrogen-bond donors (Lipinski definition) is 2. The molecule has 0 aliphatic rings. The zero-order valence-corrected chi connectivity index (χ0v) is 10.5. The van der Waals surface area contributed by atoms with Crippen molar-refractivity contribution in [1.82, 2.24) is 4.98 Å². The summed E-state index contributed by atoms with van der Waals surface area (Å²) >= 11 is 1.41. The van der Waals surface area contributed by atoms with Gasteiger partial charge in [-0.3, -0.25) is 5.32 Å². The minimum atomic E-state index is -0.273. The number of rotatable bonds is 2. The second-order valence-electron chi connectivity index (χ2n) is 3.74. The lowest BCUT2D eigenvalue weighted by molar-refractivity contribution is 0.262. The highest BCUT2D eigenvalue weighted by Gasteiger charge is 2.05. The van der Waals surface area contributed by atoms with Gasteiger partial charge in [0.1, 0.15) is 0 Å². The van der Waals surface area contributed by atoms with Crippen LogP contribution in [0.3, 0.4) is 0 Å². The molecule has 2 aromatic rings. The van der Waals surface area contributed by atoms with Gasteiger partial charge in [0.2, 0.25) is 0 Å². The van der Waals surface area contributed by atoms with Gasteiger partial charge in [-0.2, -0.15) is 0 Å². The van der Waals surface area contributed by atoms with Gasteiger partial charge < -0.3 is 5.32 Å². The summed E-state index contributed by atoms with van der Waals surface area (Å²) in [5.74, 6) is 0. The Balaban J connectivity index is 1.98. The summed E-state index contributed by atoms with van der Waals surface area (Å²) in [6, 6.07) is 7.36. The fourth-order valence-corrected chi connectivity index (χ4v) is 2.08. The van der Waals surface area contributed by atoms with Crippen LogP contribution in [0.25, 0.3) is 0 Å². The fraction of sp³-hybridized carbons (Fsp3) is 0.167. The van der Waals surface area contributed by atoms with E-state index in [1.165, 1.54) is 11.3 Å². The van der Waals surface area contributed by atoms with E-state index < -0.39 is 0 Å². The van der Waals surface area contributed by atoms with Gasteiger partial charge >= 0.3 is 6.03 Å². The quantitative estimate of drug-likeness (QED) is 0.854. The van der Waals surface area contributed by atoms with E-state index in [1.807, 2.05) is 43.5 Å². The monoisotopic (exact) mass is 247 g/mol. The van der Waals surface area contributed by atoms with Crippen molar-refractivity contribution < 1.29 is 4.79 Å². The summed E-state index contributed by atoms with van der Waals surface area (Å²) in [5, 5.41) is 7.94. The molecule has 17 heavy (non-hydrogen) atoms. The van der Waals surface area contributed by atoms with Crippen molar-refractivity contribution in [3.63, 3.8) is 0 Å². The van der Waals surface area contributed by atoms with Crippen LogP contribution in [0, 0.1) is 13.8 Å². The van der Waals surface area contributed by atoms with E-state index >= 15 is 0 Å². The van der Waals surface area contributed by atoms with E-state index in [9.17, 15) is 4.79 Å². The smallest absolute Gasteiger partial charge is 0.308 e. The third kappa shape index (κ3) is 3.29. The predicted octanol–water partition coefficient (Wildman–Crippen LogP) is 3.40. The largest absolute Gasteiger partial charge is 0.325 e. The number of aromatic nitrogens is 1. The van der Waals surface area contributed by atoms with Crippen LogP contribution in [-0.2, 0) is 0 Å². The molecule has 0 bridgehead atoms. The second kappa shape index (κ2) is 4.97. The normalized spacial score (nSPS) is 10.0. The number of hydrogen-bond acceptors (Lipinski definition) is 3. The molecule has 2 amide bonds. The molecule has 0 aliphatic carbocycles. The summed E-state index contributed by atoms with van der Waals surface area (Å²) < 4.78 is 0. The highest BCUT2D eigenvalue weighted by atomic mass is 32.1. The molecule has 0 fully saturated rings. The zero-order valence-electron chi connectivity index (χ0n) is 9.65. The number of aryl methyl sites for hydroxylation is 2. The molecule has 0 aliphatic heterocycles. The van der Waals surface area contributed by atoms with Crippen LogP contribution >= 0.6 is 11.3 Å². The third-order valence-corrected chi connectivity index (χ3v) is 2.99. The predicted molar refractivity (Wildman–Crippen MR) is 70.7 cm³/mol. The van der Waals surface area contributed by atoms with Crippen LogP contribution in [0.5, 0.6) is 0 Å². The van der Waals surface area contributed by atoms with Crippen molar-refractivity contribution in [2.24, 2.45) is 0 Å². The van der Waals surface area contributed by atoms with Crippen molar-refractivity contribution in [2.45, 2.75) is 13.8 Å². The van der Waals surface area contributed by atoms with Gasteiger partial charge in [0.05, 0.1) is 5.69 Å². The molecule has 4 nitrogen and oxygen atoms in total. The molecule has 0 saturated carbocycles. The van der Waals surface area contributed by atoms with E-state index in [0.717, 1.165) is 16.9 Å². The van der Waals surface area contributed by atoms with E-state index in [2.05, 4.69) is 15.6 Å². The molecule has 0 radical (unpaired) electrons. The van der Waals surface area contributed by atoms with Crippen molar-refractivity contribution in [3.8, 4) is 0 Å². The van der Waals surface area contributed by atoms with Gasteiger partial charge in [0.25, 0.3) is 0 Å². The summed E-state index contributed by atoms with van der Waals surface area (Å²) in [4.78, 5) is 15.8. The lowest BCUT2D eigenvalue weighted by atomic mass is 10.2. The van der Waals surface area contributed by atoms with Crippen molar-refractivity contribution >= 4 is 28.2 Å². The lowest BCUT2D eigenvalue weighted by Gasteiger charge is -2.05. The standard InChI is InChI=1S/C12H13N3OS/c1-8-4-3-5-10(6-8)14-11(16)15-12-13-9(2)7-17-12/h3-7H,1-2H3,(H2,13,14,15,16). The Morgan fingerprint density at radius 1 is 1.29 bits per heavy atom. The summed E-state index contributed by atoms with van der Waals surface area (Å²) in [6.45, 7) is 3.87. The number of carbonyl (C=O) groups is 1. The zero-order chi connectivity index (χ0) is 12.3. The summed E-state index contributed by atoms with van der Waals surface area (Å²) in [7, 11) is 0. The Morgan fingerprint density at radius 3 is 2.76 bits per heavy atom. The highest BCUT2D eigenvalue weighted by Crippen LogP contribution is 2.15. The maximum Gasteiger partial charge on any atom is 0.325 e. The Morgan fingerprint density at radius 2 is 2.12 bits per heavy atom. The van der Waals surface area contributed by atoms with Gasteiger partial charge in [-0.05, 0) is 31.5 Å². The number of thiazole rings is 1. The molecule has 1 aromatic carbocycles. The maximum absolute atomic E-state index is 11.6. The van der Waals surface area contributed by atoms with E-state index in [0.29, 0.717) is 5.13 Å². The van der Waals surface area contributed by atoms with Crippen LogP contribution in [0.4, 0.5) is 15.6 Å². The van der Waals surface area contributed by atoms with Gasteiger partial charge in [-0.25, -0.2) is 9.78 Å². The second-order valence-corrected chi connectivity index (χ2v) is 4.60. The Labute approximate surface area is 104 Å². The first kappa shape index (κ1) is 11.6. The SMILES string of the molecule is Cc1cccc(NC(=O)Nc2nc(C)cs2)c1. The molecule has 0 saturated heterocycles. The topological polar surface area (TPSA) is 54.0 Å². The number of amides is 2. The Bertz CT molecular complexity index is 536. The number of anilines is 2. The number of nitrogens with one attached hydrogen (secondary N) is 2. The summed E-state index contributed by atoms with van der Waals surface area (Å²) in [5.41, 5.74) is 2.78. The minimum absolute atomic E-state index is 0.273. The maximum atomic E-state index is 11.6. The summed E-state index contributed by atoms with van der Waals surface area (Å²) in [6.07, 6.45) is 0. The van der Waals surface area contributed by atoms with Crippen LogP contribution in [0.2, 0.25) is 0 Å². The van der Waals surface area contributed by atoms with Gasteiger partial charge in [0.15, 0.2) is 5.13 Å². The molecule has 0 unspecified atom stereocenters. The number of urea groups is 1. The van der Waals surface area contributed by atoms with Gasteiger partial charge in [-0.1, -0.05) is 12.1 Å². The Kier molecular flexibility index (Phi) is 3.39. The highest BCUT2D eigenvalue weighted by molar-refractivity contribution is 7.13. The number of carbonyl (C=O) groups excluding carboxylic acids is 1. The van der Waals surface area contributed by atoms with Gasteiger partial charge in [0, 0.05) is 11.1 Å². The average molecular weight is 247 g/mol. The first-order valence-corrected chi connectivity index (χ1v) is 6.08. The van der Waals surface area contributed by atoms with Crippen LogP contribution in [-0.4, -0.2) is 11.0 Å². The molecule has 1 aromatic heterocycles. The van der Waals surface area contributed by atoms with Crippen LogP contribution < -0.4 is 10.6 Å². The van der Waals surface area contributed by atoms with Crippen molar-refractivity contribution in [1.29, 1.82) is 0 Å². The average Bonchev–Trinajstić information content (AvgIpc) is 2.63. The molecule has 5 heteroatoms. The molecule has 2 rings (SSSR count). The first-order valence-electron chi connectivity index (χ1n) is 5.20. The van der Waals surface area contributed by atoms with E-state index in [4.69, 9.17) is 0 Å². The van der Waals surface area contributed by atoms with Crippen LogP contribution in [0.1, 0.15) is 11.3 Å². The van der Waals surface area contributed by atoms with E-state index in [1.54, 1.807) is 0 Å². The lowest BCUT2D eigenvalue weighted by Crippen LogP contribution is -2.19. The molecule has 1 heterocycles. The molecule has 0 spiro atoms. The van der Waals surface area contributed by atoms with Crippen LogP contribution in [0.15, 0.2) is 29.6 Å². The molecule has 88 valence electrons. The number of nitrogens with zero attached hydrogens (tertiary/aromatic N) is 1. The van der Waals surface area contributed by atoms with E-state index in [-0.39, 0.29) is 6.03 Å². The minimum Gasteiger partial charge on any atom is -0.308 e. The fourth-order valence-electron chi connectivity index (χ4n) is 1.39. The first-order chi connectivity index (χ1) is 8.13. The van der Waals surface area contributed by atoms with Gasteiger partial charge in [-0.15, -0.1) is 11.3 Å². The molecular formula is C12H13N3OS. The number of benzene rings is 1. The molecule has 2 N–H and O–H groups in total. The van der Waals surface area contributed by atoms with Crippen molar-refractivity contribution in [2.75, 3.05) is 10.6 Å². The Hall–Kier alpha value is -1.88. The molecular weight excluding hydrogens is 234 g/mol. The van der Waals surface area contributed by atoms with Crippen molar-refractivity contribution in [3.05, 3.63) is 40.9 Å². The molecule has 0 atom stereocenters.